The summed E-state index contributed by atoms with van der Waals surface area (Å²) in [5, 5.41) is 4.86. The van der Waals surface area contributed by atoms with E-state index < -0.39 is 0 Å². The average molecular weight is 270 g/mol. The van der Waals surface area contributed by atoms with Crippen LogP contribution < -0.4 is 5.43 Å². The third-order valence-electron chi connectivity index (χ3n) is 3.81. The second kappa shape index (κ2) is 5.12. The van der Waals surface area contributed by atoms with Gasteiger partial charge in [-0.3, -0.25) is 4.79 Å². The Hall–Kier alpha value is -2.10. The summed E-state index contributed by atoms with van der Waals surface area (Å²) >= 11 is 0. The SMILES string of the molecule is CCC1=NOC(Cn2c(C)cc(=O)c3ccccc32)C1. The Kier molecular flexibility index (Phi) is 3.30. The first-order chi connectivity index (χ1) is 9.69. The van der Waals surface area contributed by atoms with Gasteiger partial charge in [0, 0.05) is 23.6 Å². The predicted molar refractivity (Wildman–Crippen MR) is 80.2 cm³/mol. The van der Waals surface area contributed by atoms with Crippen LogP contribution in [-0.2, 0) is 11.4 Å². The Balaban J connectivity index is 1.98. The van der Waals surface area contributed by atoms with Crippen LogP contribution in [0.3, 0.4) is 0 Å². The zero-order valence-corrected chi connectivity index (χ0v) is 11.8. The van der Waals surface area contributed by atoms with Crippen molar-refractivity contribution in [1.29, 1.82) is 0 Å². The minimum absolute atomic E-state index is 0.0644. The summed E-state index contributed by atoms with van der Waals surface area (Å²) in [6.07, 6.45) is 1.87. The van der Waals surface area contributed by atoms with E-state index in [0.717, 1.165) is 41.7 Å². The van der Waals surface area contributed by atoms with Gasteiger partial charge in [-0.1, -0.05) is 24.2 Å². The maximum absolute atomic E-state index is 12.0. The molecule has 0 fully saturated rings. The number of nitrogens with zero attached hydrogens (tertiary/aromatic N) is 2. The molecule has 104 valence electrons. The second-order valence-electron chi connectivity index (χ2n) is 5.22. The molecule has 1 unspecified atom stereocenters. The molecule has 0 radical (unpaired) electrons. The zero-order valence-electron chi connectivity index (χ0n) is 11.8. The van der Waals surface area contributed by atoms with Crippen LogP contribution in [0.1, 0.15) is 25.5 Å². The van der Waals surface area contributed by atoms with E-state index in [0.29, 0.717) is 0 Å². The van der Waals surface area contributed by atoms with Gasteiger partial charge in [0.1, 0.15) is 0 Å². The van der Waals surface area contributed by atoms with Crippen molar-refractivity contribution in [2.45, 2.75) is 39.3 Å². The van der Waals surface area contributed by atoms with Crippen molar-refractivity contribution < 1.29 is 4.84 Å². The summed E-state index contributed by atoms with van der Waals surface area (Å²) in [5.74, 6) is 0. The van der Waals surface area contributed by atoms with Crippen LogP contribution in [0.4, 0.5) is 0 Å². The molecular formula is C16H18N2O2. The fourth-order valence-corrected chi connectivity index (χ4v) is 2.69. The van der Waals surface area contributed by atoms with Crippen LogP contribution in [0.2, 0.25) is 0 Å². The number of rotatable bonds is 3. The number of para-hydroxylation sites is 1. The van der Waals surface area contributed by atoms with E-state index in [9.17, 15) is 4.79 Å². The molecule has 0 amide bonds. The Morgan fingerprint density at radius 2 is 2.20 bits per heavy atom. The number of aromatic nitrogens is 1. The maximum atomic E-state index is 12.0. The number of fused-ring (bicyclic) bond motifs is 1. The fourth-order valence-electron chi connectivity index (χ4n) is 2.69. The Bertz CT molecular complexity index is 731. The first-order valence-corrected chi connectivity index (χ1v) is 6.99. The molecule has 0 saturated heterocycles. The topological polar surface area (TPSA) is 43.6 Å². The molecule has 2 aromatic rings. The van der Waals surface area contributed by atoms with E-state index in [1.165, 1.54) is 0 Å². The van der Waals surface area contributed by atoms with E-state index in [2.05, 4.69) is 16.6 Å². The van der Waals surface area contributed by atoms with Crippen LogP contribution in [0.25, 0.3) is 10.9 Å². The molecule has 1 aromatic carbocycles. The minimum atomic E-state index is 0.0644. The van der Waals surface area contributed by atoms with E-state index in [1.807, 2.05) is 31.2 Å². The standard InChI is InChI=1S/C16H18N2O2/c1-3-12-9-13(20-17-12)10-18-11(2)8-16(19)14-6-4-5-7-15(14)18/h4-8,13H,3,9-10H2,1-2H3. The quantitative estimate of drug-likeness (QED) is 0.860. The highest BCUT2D eigenvalue weighted by molar-refractivity contribution is 5.85. The van der Waals surface area contributed by atoms with Gasteiger partial charge in [0.05, 0.1) is 17.8 Å². The Morgan fingerprint density at radius 3 is 2.95 bits per heavy atom. The summed E-state index contributed by atoms with van der Waals surface area (Å²) < 4.78 is 2.15. The van der Waals surface area contributed by atoms with E-state index in [4.69, 9.17) is 4.84 Å². The molecule has 4 nitrogen and oxygen atoms in total. The molecule has 1 atom stereocenters. The monoisotopic (exact) mass is 270 g/mol. The van der Waals surface area contributed by atoms with Gasteiger partial charge in [-0.05, 0) is 25.5 Å². The lowest BCUT2D eigenvalue weighted by atomic mass is 10.1. The highest BCUT2D eigenvalue weighted by atomic mass is 16.6. The first kappa shape index (κ1) is 12.9. The number of hydrogen-bond acceptors (Lipinski definition) is 3. The first-order valence-electron chi connectivity index (χ1n) is 6.99. The van der Waals surface area contributed by atoms with Crippen molar-refractivity contribution >= 4 is 16.6 Å². The number of hydrogen-bond donors (Lipinski definition) is 0. The zero-order chi connectivity index (χ0) is 14.1. The van der Waals surface area contributed by atoms with Crippen LogP contribution >= 0.6 is 0 Å². The summed E-state index contributed by atoms with van der Waals surface area (Å²) in [6, 6.07) is 9.41. The van der Waals surface area contributed by atoms with Gasteiger partial charge in [0.25, 0.3) is 0 Å². The number of benzene rings is 1. The molecule has 4 heteroatoms. The molecule has 3 rings (SSSR count). The van der Waals surface area contributed by atoms with Crippen molar-refractivity contribution in [3.8, 4) is 0 Å². The average Bonchev–Trinajstić information content (AvgIpc) is 2.91. The third kappa shape index (κ3) is 2.22. The molecule has 1 aliphatic rings. The minimum Gasteiger partial charge on any atom is -0.390 e. The van der Waals surface area contributed by atoms with Crippen LogP contribution in [0.5, 0.6) is 0 Å². The van der Waals surface area contributed by atoms with Crippen molar-refractivity contribution in [2.75, 3.05) is 0 Å². The molecule has 0 N–H and O–H groups in total. The number of pyridine rings is 1. The second-order valence-corrected chi connectivity index (χ2v) is 5.22. The normalized spacial score (nSPS) is 18.1. The predicted octanol–water partition coefficient (Wildman–Crippen LogP) is 2.86. The molecule has 1 aliphatic heterocycles. The van der Waals surface area contributed by atoms with Crippen molar-refractivity contribution in [1.82, 2.24) is 4.57 Å². The van der Waals surface area contributed by atoms with Gasteiger partial charge in [-0.2, -0.15) is 0 Å². The highest BCUT2D eigenvalue weighted by Gasteiger charge is 2.21. The van der Waals surface area contributed by atoms with E-state index in [-0.39, 0.29) is 11.5 Å². The van der Waals surface area contributed by atoms with Crippen molar-refractivity contribution in [3.63, 3.8) is 0 Å². The van der Waals surface area contributed by atoms with Gasteiger partial charge in [-0.25, -0.2) is 0 Å². The lowest BCUT2D eigenvalue weighted by molar-refractivity contribution is 0.0729. The third-order valence-corrected chi connectivity index (χ3v) is 3.81. The van der Waals surface area contributed by atoms with Gasteiger partial charge >= 0.3 is 0 Å². The van der Waals surface area contributed by atoms with Gasteiger partial charge in [0.15, 0.2) is 11.5 Å². The fraction of sp³-hybridized carbons (Fsp3) is 0.375. The lowest BCUT2D eigenvalue weighted by Crippen LogP contribution is -2.21. The van der Waals surface area contributed by atoms with Crippen LogP contribution in [0.15, 0.2) is 40.3 Å². The summed E-state index contributed by atoms with van der Waals surface area (Å²) in [5.41, 5.74) is 3.11. The maximum Gasteiger partial charge on any atom is 0.189 e. The molecule has 0 bridgehead atoms. The molecule has 1 aromatic heterocycles. The number of aryl methyl sites for hydroxylation is 1. The van der Waals surface area contributed by atoms with E-state index >= 15 is 0 Å². The van der Waals surface area contributed by atoms with E-state index in [1.54, 1.807) is 6.07 Å². The van der Waals surface area contributed by atoms with Gasteiger partial charge in [-0.15, -0.1) is 0 Å². The Labute approximate surface area is 117 Å². The molecule has 0 spiro atoms. The van der Waals surface area contributed by atoms with Crippen molar-refractivity contribution in [2.24, 2.45) is 5.16 Å². The lowest BCUT2D eigenvalue weighted by Gasteiger charge is -2.17. The van der Waals surface area contributed by atoms with Crippen LogP contribution in [0, 0.1) is 6.92 Å². The highest BCUT2D eigenvalue weighted by Crippen LogP contribution is 2.19. The number of oxime groups is 1. The van der Waals surface area contributed by atoms with Crippen LogP contribution in [-0.4, -0.2) is 16.4 Å². The largest absolute Gasteiger partial charge is 0.390 e. The van der Waals surface area contributed by atoms with Crippen molar-refractivity contribution in [3.05, 3.63) is 46.2 Å². The summed E-state index contributed by atoms with van der Waals surface area (Å²) in [6.45, 7) is 4.77. The Morgan fingerprint density at radius 1 is 1.40 bits per heavy atom. The summed E-state index contributed by atoms with van der Waals surface area (Å²) in [4.78, 5) is 17.5. The molecule has 20 heavy (non-hydrogen) atoms. The molecular weight excluding hydrogens is 252 g/mol. The summed E-state index contributed by atoms with van der Waals surface area (Å²) in [7, 11) is 0. The van der Waals surface area contributed by atoms with Gasteiger partial charge in [0.2, 0.25) is 0 Å². The molecule has 0 aliphatic carbocycles. The smallest absolute Gasteiger partial charge is 0.189 e. The van der Waals surface area contributed by atoms with Gasteiger partial charge < -0.3 is 9.40 Å². The molecule has 0 saturated carbocycles. The molecule has 2 heterocycles.